The molecular weight excluding hydrogens is 300 g/mol. The van der Waals surface area contributed by atoms with Gasteiger partial charge in [0.05, 0.1) is 11.1 Å². The van der Waals surface area contributed by atoms with Gasteiger partial charge in [-0.2, -0.15) is 0 Å². The van der Waals surface area contributed by atoms with Crippen molar-refractivity contribution in [2.75, 3.05) is 19.6 Å². The van der Waals surface area contributed by atoms with Gasteiger partial charge in [0.1, 0.15) is 0 Å². The molecule has 21 heavy (non-hydrogen) atoms. The summed E-state index contributed by atoms with van der Waals surface area (Å²) in [5, 5.41) is 6.87. The fourth-order valence-corrected chi connectivity index (χ4v) is 5.13. The van der Waals surface area contributed by atoms with Crippen LogP contribution in [0, 0.1) is 0 Å². The molecule has 1 unspecified atom stereocenters. The maximum atomic E-state index is 6.49. The normalized spacial score (nSPS) is 18.3. The molecule has 0 radical (unpaired) electrons. The predicted octanol–water partition coefficient (Wildman–Crippen LogP) is 5.10. The van der Waals surface area contributed by atoms with Crippen molar-refractivity contribution in [2.45, 2.75) is 64.5 Å². The van der Waals surface area contributed by atoms with Crippen molar-refractivity contribution in [2.24, 2.45) is 0 Å². The maximum absolute atomic E-state index is 6.49. The molecule has 1 aliphatic heterocycles. The Hall–Kier alpha value is -0.0900. The first-order chi connectivity index (χ1) is 10.2. The molecule has 0 spiro atoms. The molecule has 1 aromatic heterocycles. The number of hydrogen-bond donors (Lipinski definition) is 1. The SMILES string of the molecule is CCCNC(c1sccc1Cl)C(CC)(CC)N1CCCC1. The van der Waals surface area contributed by atoms with Crippen LogP contribution in [-0.4, -0.2) is 30.1 Å². The summed E-state index contributed by atoms with van der Waals surface area (Å²) >= 11 is 8.30. The molecular formula is C17H29ClN2S. The summed E-state index contributed by atoms with van der Waals surface area (Å²) in [6, 6.07) is 2.39. The van der Waals surface area contributed by atoms with Gasteiger partial charge in [-0.05, 0) is 63.2 Å². The summed E-state index contributed by atoms with van der Waals surface area (Å²) < 4.78 is 0. The van der Waals surface area contributed by atoms with Gasteiger partial charge in [-0.3, -0.25) is 4.90 Å². The van der Waals surface area contributed by atoms with E-state index in [2.05, 4.69) is 36.4 Å². The van der Waals surface area contributed by atoms with E-state index in [0.717, 1.165) is 18.0 Å². The number of thiophene rings is 1. The zero-order chi connectivity index (χ0) is 15.3. The molecule has 1 N–H and O–H groups in total. The fraction of sp³-hybridized carbons (Fsp3) is 0.765. The lowest BCUT2D eigenvalue weighted by Gasteiger charge is -2.47. The molecule has 1 aliphatic rings. The number of nitrogens with one attached hydrogen (secondary N) is 1. The first-order valence-corrected chi connectivity index (χ1v) is 9.66. The van der Waals surface area contributed by atoms with E-state index in [-0.39, 0.29) is 5.54 Å². The van der Waals surface area contributed by atoms with Crippen LogP contribution in [0.5, 0.6) is 0 Å². The third-order valence-corrected chi connectivity index (χ3v) is 6.43. The lowest BCUT2D eigenvalue weighted by molar-refractivity contribution is 0.0630. The van der Waals surface area contributed by atoms with Crippen molar-refractivity contribution in [3.63, 3.8) is 0 Å². The van der Waals surface area contributed by atoms with Crippen LogP contribution < -0.4 is 5.32 Å². The van der Waals surface area contributed by atoms with Gasteiger partial charge in [-0.15, -0.1) is 11.3 Å². The van der Waals surface area contributed by atoms with E-state index in [9.17, 15) is 0 Å². The number of likely N-dealkylation sites (tertiary alicyclic amines) is 1. The van der Waals surface area contributed by atoms with Crippen LogP contribution in [0.4, 0.5) is 0 Å². The van der Waals surface area contributed by atoms with E-state index in [1.54, 1.807) is 11.3 Å². The lowest BCUT2D eigenvalue weighted by Crippen LogP contribution is -2.55. The summed E-state index contributed by atoms with van der Waals surface area (Å²) in [6.07, 6.45) is 6.15. The second-order valence-corrected chi connectivity index (χ2v) is 7.38. The smallest absolute Gasteiger partial charge is 0.0616 e. The van der Waals surface area contributed by atoms with Crippen molar-refractivity contribution in [3.8, 4) is 0 Å². The topological polar surface area (TPSA) is 15.3 Å². The molecule has 2 nitrogen and oxygen atoms in total. The molecule has 1 saturated heterocycles. The molecule has 0 amide bonds. The van der Waals surface area contributed by atoms with Gasteiger partial charge in [0, 0.05) is 10.4 Å². The highest BCUT2D eigenvalue weighted by Crippen LogP contribution is 2.43. The van der Waals surface area contributed by atoms with Gasteiger partial charge >= 0.3 is 0 Å². The first kappa shape index (κ1) is 17.3. The minimum atomic E-state index is 0.195. The van der Waals surface area contributed by atoms with E-state index < -0.39 is 0 Å². The van der Waals surface area contributed by atoms with Gasteiger partial charge in [-0.25, -0.2) is 0 Å². The maximum Gasteiger partial charge on any atom is 0.0616 e. The average Bonchev–Trinajstić information content (AvgIpc) is 3.16. The largest absolute Gasteiger partial charge is 0.308 e. The number of nitrogens with zero attached hydrogens (tertiary/aromatic N) is 1. The van der Waals surface area contributed by atoms with Gasteiger partial charge in [0.25, 0.3) is 0 Å². The van der Waals surface area contributed by atoms with Gasteiger partial charge in [-0.1, -0.05) is 32.4 Å². The fourth-order valence-electron chi connectivity index (χ4n) is 3.78. The number of hydrogen-bond acceptors (Lipinski definition) is 3. The van der Waals surface area contributed by atoms with E-state index in [1.165, 1.54) is 43.6 Å². The van der Waals surface area contributed by atoms with Crippen LogP contribution in [0.3, 0.4) is 0 Å². The summed E-state index contributed by atoms with van der Waals surface area (Å²) in [6.45, 7) is 10.4. The van der Waals surface area contributed by atoms with E-state index in [4.69, 9.17) is 11.6 Å². The van der Waals surface area contributed by atoms with Crippen molar-refractivity contribution in [3.05, 3.63) is 21.3 Å². The standard InChI is InChI=1S/C17H29ClN2S/c1-4-10-19-16(15-14(18)9-13-21-15)17(5-2,6-3)20-11-7-8-12-20/h9,13,16,19H,4-8,10-12H2,1-3H3. The van der Waals surface area contributed by atoms with Gasteiger partial charge < -0.3 is 5.32 Å². The third-order valence-electron chi connectivity index (χ3n) is 5.00. The van der Waals surface area contributed by atoms with Crippen LogP contribution in [0.1, 0.15) is 63.8 Å². The second kappa shape index (κ2) is 7.96. The Kier molecular flexibility index (Phi) is 6.54. The minimum Gasteiger partial charge on any atom is -0.308 e. The lowest BCUT2D eigenvalue weighted by atomic mass is 9.81. The van der Waals surface area contributed by atoms with Crippen molar-refractivity contribution >= 4 is 22.9 Å². The second-order valence-electron chi connectivity index (χ2n) is 6.02. The van der Waals surface area contributed by atoms with E-state index in [0.29, 0.717) is 6.04 Å². The first-order valence-electron chi connectivity index (χ1n) is 8.40. The van der Waals surface area contributed by atoms with Gasteiger partial charge in [0.2, 0.25) is 0 Å². The summed E-state index contributed by atoms with van der Waals surface area (Å²) in [4.78, 5) is 4.04. The van der Waals surface area contributed by atoms with Crippen LogP contribution in [-0.2, 0) is 0 Å². The van der Waals surface area contributed by atoms with Crippen molar-refractivity contribution in [1.82, 2.24) is 10.2 Å². The molecule has 1 fully saturated rings. The Morgan fingerprint density at radius 2 is 1.95 bits per heavy atom. The Labute approximate surface area is 138 Å². The molecule has 2 rings (SSSR count). The Balaban J connectivity index is 2.36. The van der Waals surface area contributed by atoms with Crippen LogP contribution >= 0.6 is 22.9 Å². The quantitative estimate of drug-likeness (QED) is 0.714. The van der Waals surface area contributed by atoms with Crippen LogP contribution in [0.2, 0.25) is 5.02 Å². The molecule has 120 valence electrons. The average molecular weight is 329 g/mol. The molecule has 1 atom stereocenters. The van der Waals surface area contributed by atoms with Crippen LogP contribution in [0.15, 0.2) is 11.4 Å². The molecule has 1 aromatic rings. The van der Waals surface area contributed by atoms with Crippen molar-refractivity contribution < 1.29 is 0 Å². The number of rotatable bonds is 8. The Bertz CT molecular complexity index is 422. The highest BCUT2D eigenvalue weighted by molar-refractivity contribution is 7.10. The summed E-state index contributed by atoms with van der Waals surface area (Å²) in [7, 11) is 0. The van der Waals surface area contributed by atoms with Gasteiger partial charge in [0.15, 0.2) is 0 Å². The van der Waals surface area contributed by atoms with Crippen LogP contribution in [0.25, 0.3) is 0 Å². The summed E-state index contributed by atoms with van der Waals surface area (Å²) in [5.41, 5.74) is 0.195. The third kappa shape index (κ3) is 3.47. The summed E-state index contributed by atoms with van der Waals surface area (Å²) in [5.74, 6) is 0. The molecule has 4 heteroatoms. The molecule has 0 bridgehead atoms. The zero-order valence-electron chi connectivity index (χ0n) is 13.6. The minimum absolute atomic E-state index is 0.195. The highest BCUT2D eigenvalue weighted by atomic mass is 35.5. The number of halogens is 1. The van der Waals surface area contributed by atoms with E-state index in [1.807, 2.05) is 6.07 Å². The molecule has 0 aromatic carbocycles. The van der Waals surface area contributed by atoms with Crippen molar-refractivity contribution in [1.29, 1.82) is 0 Å². The monoisotopic (exact) mass is 328 g/mol. The highest BCUT2D eigenvalue weighted by Gasteiger charge is 2.43. The molecule has 0 saturated carbocycles. The zero-order valence-corrected chi connectivity index (χ0v) is 15.2. The van der Waals surface area contributed by atoms with E-state index >= 15 is 0 Å². The molecule has 0 aliphatic carbocycles. The Morgan fingerprint density at radius 3 is 2.43 bits per heavy atom. The Morgan fingerprint density at radius 1 is 1.29 bits per heavy atom. The predicted molar refractivity (Wildman–Crippen MR) is 94.5 cm³/mol. The molecule has 2 heterocycles.